The lowest BCUT2D eigenvalue weighted by Gasteiger charge is -2.17. The largest absolute Gasteiger partial charge is 0.493 e. The summed E-state index contributed by atoms with van der Waals surface area (Å²) in [6, 6.07) is 6.79. The fourth-order valence-electron chi connectivity index (χ4n) is 1.24. The topological polar surface area (TPSA) is 49.7 Å². The van der Waals surface area contributed by atoms with Crippen LogP contribution in [0.3, 0.4) is 0 Å². The summed E-state index contributed by atoms with van der Waals surface area (Å²) in [6.45, 7) is 7.18. The normalized spacial score (nSPS) is 11.4. The van der Waals surface area contributed by atoms with Crippen LogP contribution in [-0.2, 0) is 0 Å². The van der Waals surface area contributed by atoms with Gasteiger partial charge in [-0.25, -0.2) is 0 Å². The van der Waals surface area contributed by atoms with E-state index >= 15 is 0 Å². The molecule has 2 N–H and O–H groups in total. The Hall–Kier alpha value is -0.645. The van der Waals surface area contributed by atoms with Gasteiger partial charge in [0.2, 0.25) is 0 Å². The molecule has 94 valence electrons. The zero-order valence-electron chi connectivity index (χ0n) is 10.5. The van der Waals surface area contributed by atoms with Crippen molar-refractivity contribution >= 4 is 24.3 Å². The highest BCUT2D eigenvalue weighted by Gasteiger charge is 2.11. The Kier molecular flexibility index (Phi) is 5.37. The number of ether oxygens (including phenoxy) is 1. The van der Waals surface area contributed by atoms with Crippen LogP contribution < -0.4 is 10.2 Å². The van der Waals surface area contributed by atoms with Crippen molar-refractivity contribution in [3.63, 3.8) is 0 Å². The minimum atomic E-state index is -1.42. The average molecular weight is 254 g/mol. The van der Waals surface area contributed by atoms with Gasteiger partial charge in [-0.3, -0.25) is 0 Å². The molecule has 0 atom stereocenters. The molecule has 5 heteroatoms. The van der Waals surface area contributed by atoms with Crippen molar-refractivity contribution in [1.82, 2.24) is 0 Å². The van der Waals surface area contributed by atoms with Crippen molar-refractivity contribution in [1.29, 1.82) is 0 Å². The maximum Gasteiger partial charge on any atom is 0.488 e. The molecule has 0 radical (unpaired) electrons. The quantitative estimate of drug-likeness (QED) is 0.614. The lowest BCUT2D eigenvalue weighted by Crippen LogP contribution is -2.29. The third-order valence-corrected chi connectivity index (χ3v) is 3.30. The molecule has 0 amide bonds. The molecule has 0 aliphatic rings. The van der Waals surface area contributed by atoms with Gasteiger partial charge in [-0.1, -0.05) is 32.9 Å². The van der Waals surface area contributed by atoms with Crippen LogP contribution >= 0.6 is 11.8 Å². The van der Waals surface area contributed by atoms with E-state index < -0.39 is 7.12 Å². The first-order valence-corrected chi connectivity index (χ1v) is 6.60. The SMILES string of the molecule is CC(C)(C)SCCOc1ccc(B(O)O)cc1. The van der Waals surface area contributed by atoms with Crippen molar-refractivity contribution in [3.8, 4) is 5.75 Å². The fraction of sp³-hybridized carbons (Fsp3) is 0.500. The van der Waals surface area contributed by atoms with Gasteiger partial charge in [-0.2, -0.15) is 11.8 Å². The summed E-state index contributed by atoms with van der Waals surface area (Å²) >= 11 is 1.86. The zero-order chi connectivity index (χ0) is 12.9. The molecule has 1 aromatic carbocycles. The summed E-state index contributed by atoms with van der Waals surface area (Å²) in [7, 11) is -1.42. The monoisotopic (exact) mass is 254 g/mol. The molecular formula is C12H19BO3S. The molecular weight excluding hydrogens is 235 g/mol. The Labute approximate surface area is 107 Å². The molecule has 3 nitrogen and oxygen atoms in total. The van der Waals surface area contributed by atoms with Crippen LogP contribution in [0.2, 0.25) is 0 Å². The van der Waals surface area contributed by atoms with E-state index in [1.54, 1.807) is 24.3 Å². The lowest BCUT2D eigenvalue weighted by molar-refractivity contribution is 0.343. The van der Waals surface area contributed by atoms with Gasteiger partial charge in [-0.15, -0.1) is 0 Å². The minimum Gasteiger partial charge on any atom is -0.493 e. The van der Waals surface area contributed by atoms with E-state index in [0.717, 1.165) is 11.5 Å². The molecule has 0 aliphatic carbocycles. The van der Waals surface area contributed by atoms with Gasteiger partial charge in [0.1, 0.15) is 5.75 Å². The molecule has 0 bridgehead atoms. The first kappa shape index (κ1) is 14.4. The van der Waals surface area contributed by atoms with Gasteiger partial charge in [0.25, 0.3) is 0 Å². The third-order valence-electron chi connectivity index (χ3n) is 2.07. The van der Waals surface area contributed by atoms with Gasteiger partial charge < -0.3 is 14.8 Å². The maximum atomic E-state index is 8.93. The highest BCUT2D eigenvalue weighted by molar-refractivity contribution is 8.00. The van der Waals surface area contributed by atoms with E-state index in [4.69, 9.17) is 14.8 Å². The minimum absolute atomic E-state index is 0.258. The van der Waals surface area contributed by atoms with Crippen molar-refractivity contribution in [2.45, 2.75) is 25.5 Å². The van der Waals surface area contributed by atoms with Crippen LogP contribution in [0.1, 0.15) is 20.8 Å². The van der Waals surface area contributed by atoms with Crippen molar-refractivity contribution in [2.24, 2.45) is 0 Å². The number of thioether (sulfide) groups is 1. The maximum absolute atomic E-state index is 8.93. The van der Waals surface area contributed by atoms with Gasteiger partial charge >= 0.3 is 7.12 Å². The molecule has 0 aromatic heterocycles. The Bertz CT molecular complexity index is 333. The summed E-state index contributed by atoms with van der Waals surface area (Å²) in [4.78, 5) is 0. The number of benzene rings is 1. The standard InChI is InChI=1S/C12H19BO3S/c1-12(2,3)17-9-8-16-11-6-4-10(5-7-11)13(14)15/h4-7,14-15H,8-9H2,1-3H3. The summed E-state index contributed by atoms with van der Waals surface area (Å²) < 4.78 is 5.81. The first-order valence-electron chi connectivity index (χ1n) is 5.61. The van der Waals surface area contributed by atoms with Gasteiger partial charge in [0.15, 0.2) is 0 Å². The van der Waals surface area contributed by atoms with Gasteiger partial charge in [0.05, 0.1) is 6.61 Å². The van der Waals surface area contributed by atoms with E-state index in [2.05, 4.69) is 20.8 Å². The third kappa shape index (κ3) is 6.01. The van der Waals surface area contributed by atoms with E-state index in [9.17, 15) is 0 Å². The Morgan fingerprint density at radius 2 is 1.76 bits per heavy atom. The predicted octanol–water partition coefficient (Wildman–Crippen LogP) is 1.28. The Morgan fingerprint density at radius 3 is 2.24 bits per heavy atom. The van der Waals surface area contributed by atoms with Crippen molar-refractivity contribution in [2.75, 3.05) is 12.4 Å². The predicted molar refractivity (Wildman–Crippen MR) is 74.0 cm³/mol. The first-order chi connectivity index (χ1) is 7.88. The molecule has 17 heavy (non-hydrogen) atoms. The van der Waals surface area contributed by atoms with Crippen LogP contribution in [0.25, 0.3) is 0 Å². The van der Waals surface area contributed by atoms with E-state index in [1.165, 1.54) is 0 Å². The average Bonchev–Trinajstić information content (AvgIpc) is 2.24. The number of rotatable bonds is 5. The fourth-order valence-corrected chi connectivity index (χ4v) is 2.02. The van der Waals surface area contributed by atoms with E-state index in [0.29, 0.717) is 12.1 Å². The molecule has 1 rings (SSSR count). The van der Waals surface area contributed by atoms with Gasteiger partial charge in [-0.05, 0) is 17.6 Å². The summed E-state index contributed by atoms with van der Waals surface area (Å²) in [5.74, 6) is 1.69. The molecule has 0 unspecified atom stereocenters. The van der Waals surface area contributed by atoms with Crippen LogP contribution in [0.15, 0.2) is 24.3 Å². The second-order valence-corrected chi connectivity index (χ2v) is 6.67. The molecule has 0 heterocycles. The zero-order valence-corrected chi connectivity index (χ0v) is 11.3. The second kappa shape index (κ2) is 6.33. The molecule has 0 saturated carbocycles. The number of hydrogen-bond acceptors (Lipinski definition) is 4. The van der Waals surface area contributed by atoms with Crippen LogP contribution in [-0.4, -0.2) is 34.3 Å². The van der Waals surface area contributed by atoms with Crippen molar-refractivity contribution in [3.05, 3.63) is 24.3 Å². The molecule has 0 spiro atoms. The van der Waals surface area contributed by atoms with Crippen LogP contribution in [0.5, 0.6) is 5.75 Å². The highest BCUT2D eigenvalue weighted by atomic mass is 32.2. The van der Waals surface area contributed by atoms with Gasteiger partial charge in [0, 0.05) is 10.5 Å². The van der Waals surface area contributed by atoms with E-state index in [-0.39, 0.29) is 4.75 Å². The van der Waals surface area contributed by atoms with Crippen LogP contribution in [0, 0.1) is 0 Å². The Balaban J connectivity index is 2.33. The lowest BCUT2D eigenvalue weighted by atomic mass is 9.80. The van der Waals surface area contributed by atoms with Crippen molar-refractivity contribution < 1.29 is 14.8 Å². The number of hydrogen-bond donors (Lipinski definition) is 2. The van der Waals surface area contributed by atoms with Crippen LogP contribution in [0.4, 0.5) is 0 Å². The second-order valence-electron chi connectivity index (χ2n) is 4.75. The molecule has 0 aliphatic heterocycles. The Morgan fingerprint density at radius 1 is 1.18 bits per heavy atom. The summed E-state index contributed by atoms with van der Waals surface area (Å²) in [5.41, 5.74) is 0.474. The molecule has 0 saturated heterocycles. The summed E-state index contributed by atoms with van der Waals surface area (Å²) in [6.07, 6.45) is 0. The molecule has 0 fully saturated rings. The summed E-state index contributed by atoms with van der Waals surface area (Å²) in [5, 5.41) is 17.9. The molecule has 1 aromatic rings. The van der Waals surface area contributed by atoms with E-state index in [1.807, 2.05) is 11.8 Å². The highest BCUT2D eigenvalue weighted by Crippen LogP contribution is 2.22. The smallest absolute Gasteiger partial charge is 0.488 e.